The van der Waals surface area contributed by atoms with Gasteiger partial charge in [-0.1, -0.05) is 0 Å². The van der Waals surface area contributed by atoms with E-state index in [1.165, 1.54) is 0 Å². The second kappa shape index (κ2) is 7.18. The van der Waals surface area contributed by atoms with Crippen molar-refractivity contribution < 1.29 is 63.0 Å². The number of aliphatic hydroxyl groups is 1. The average molecular weight is 400 g/mol. The van der Waals surface area contributed by atoms with Crippen LogP contribution < -0.4 is 0 Å². The summed E-state index contributed by atoms with van der Waals surface area (Å²) < 4.78 is 34.2. The number of aliphatic hydroxyl groups excluding tert-OH is 1. The van der Waals surface area contributed by atoms with Crippen molar-refractivity contribution in [3.8, 4) is 0 Å². The standard InChI is InChI=1S/C6H7F3O2.Th/c7-6(8,9)3-1-2-5(11)4-10;/h2,5,11H,1,3H2;/q-2;+2/t5-;/m1./s1. The number of halogens is 3. The van der Waals surface area contributed by atoms with Gasteiger partial charge in [-0.25, -0.2) is 0 Å². The fraction of sp³-hybridized carbons (Fsp3) is 0.667. The van der Waals surface area contributed by atoms with Crippen LogP contribution in [0.15, 0.2) is 0 Å². The summed E-state index contributed by atoms with van der Waals surface area (Å²) in [4.78, 5) is 9.57. The van der Waals surface area contributed by atoms with Crippen molar-refractivity contribution in [2.75, 3.05) is 0 Å². The molecule has 0 fully saturated rings. The molecule has 2 nitrogen and oxygen atoms in total. The van der Waals surface area contributed by atoms with E-state index in [0.717, 1.165) is 12.7 Å². The van der Waals surface area contributed by atoms with Gasteiger partial charge in [0, 0.05) is 6.42 Å². The second-order valence-corrected chi connectivity index (χ2v) is 1.95. The predicted octanol–water partition coefficient (Wildman–Crippen LogP) is 1.00. The molecule has 0 saturated heterocycles. The Morgan fingerprint density at radius 2 is 2.00 bits per heavy atom. The third-order valence-electron chi connectivity index (χ3n) is 0.938. The van der Waals surface area contributed by atoms with Gasteiger partial charge in [-0.3, -0.25) is 6.29 Å². The predicted molar refractivity (Wildman–Crippen MR) is 31.3 cm³/mol. The molecule has 0 aliphatic carbocycles. The van der Waals surface area contributed by atoms with Crippen LogP contribution in [-0.4, -0.2) is 23.7 Å². The van der Waals surface area contributed by atoms with E-state index >= 15 is 0 Å². The normalized spacial score (nSPS) is 13.3. The van der Waals surface area contributed by atoms with Gasteiger partial charge in [0.15, 0.2) is 0 Å². The summed E-state index contributed by atoms with van der Waals surface area (Å²) in [7, 11) is 0. The number of rotatable bonds is 4. The summed E-state index contributed by atoms with van der Waals surface area (Å²) in [6.07, 6.45) is -5.13. The Balaban J connectivity index is 0. The summed E-state index contributed by atoms with van der Waals surface area (Å²) in [5, 5.41) is 8.41. The molecule has 0 saturated carbocycles. The molecule has 0 heterocycles. The maximum Gasteiger partial charge on any atom is 2.00 e. The van der Waals surface area contributed by atoms with Crippen molar-refractivity contribution in [3.05, 3.63) is 6.42 Å². The van der Waals surface area contributed by atoms with Crippen molar-refractivity contribution in [3.63, 3.8) is 0 Å². The molecule has 0 bridgehead atoms. The van der Waals surface area contributed by atoms with Crippen LogP contribution in [0.2, 0.25) is 0 Å². The van der Waals surface area contributed by atoms with Crippen molar-refractivity contribution in [2.45, 2.75) is 25.1 Å². The fourth-order valence-corrected chi connectivity index (χ4v) is 0.453. The number of hydrogen-bond acceptors (Lipinski definition) is 2. The Morgan fingerprint density at radius 3 is 2.33 bits per heavy atom. The number of alkyl halides is 3. The molecule has 6 heteroatoms. The second-order valence-electron chi connectivity index (χ2n) is 1.95. The van der Waals surface area contributed by atoms with Crippen molar-refractivity contribution >= 4 is 6.29 Å². The maximum absolute atomic E-state index is 11.4. The monoisotopic (exact) mass is 400 g/mol. The van der Waals surface area contributed by atoms with Crippen LogP contribution >= 0.6 is 0 Å². The molecular formula is C6H7F3O2Th. The smallest absolute Gasteiger partial charge is 0.542 e. The molecule has 0 amide bonds. The maximum atomic E-state index is 11.4. The minimum Gasteiger partial charge on any atom is -0.542 e. The van der Waals surface area contributed by atoms with Crippen LogP contribution in [0.1, 0.15) is 12.8 Å². The molecule has 1 N–H and O–H groups in total. The Kier molecular flexibility index (Phi) is 9.11. The fourth-order valence-electron chi connectivity index (χ4n) is 0.453. The minimum atomic E-state index is -4.24. The van der Waals surface area contributed by atoms with E-state index in [0.29, 0.717) is 0 Å². The molecule has 1 atom stereocenters. The first-order valence-corrected chi connectivity index (χ1v) is 2.91. The van der Waals surface area contributed by atoms with Gasteiger partial charge < -0.3 is 16.3 Å². The minimum absolute atomic E-state index is 0. The van der Waals surface area contributed by atoms with Crippen molar-refractivity contribution in [1.29, 1.82) is 0 Å². The molecule has 0 aromatic rings. The summed E-state index contributed by atoms with van der Waals surface area (Å²) >= 11 is 0. The molecule has 0 unspecified atom stereocenters. The van der Waals surface area contributed by atoms with Gasteiger partial charge in [0.2, 0.25) is 0 Å². The number of hydrogen-bond donors (Lipinski definition) is 1. The largest absolute Gasteiger partial charge is 2.00 e. The van der Waals surface area contributed by atoms with Crippen LogP contribution in [0.5, 0.6) is 0 Å². The molecule has 0 aromatic heterocycles. The molecule has 0 aliphatic heterocycles. The zero-order valence-corrected chi connectivity index (χ0v) is 10.2. The van der Waals surface area contributed by atoms with Gasteiger partial charge in [-0.05, 0) is 0 Å². The molecule has 0 aliphatic rings. The van der Waals surface area contributed by atoms with E-state index in [9.17, 15) is 18.0 Å². The van der Waals surface area contributed by atoms with E-state index in [4.69, 9.17) is 5.11 Å². The van der Waals surface area contributed by atoms with Crippen LogP contribution in [0.3, 0.4) is 0 Å². The first kappa shape index (κ1) is 15.2. The third kappa shape index (κ3) is 10.7. The molecule has 0 rings (SSSR count). The number of carbonyl (C=O) groups excluding carboxylic acids is 1. The van der Waals surface area contributed by atoms with Crippen LogP contribution in [0.25, 0.3) is 0 Å². The van der Waals surface area contributed by atoms with Gasteiger partial charge in [0.05, 0.1) is 0 Å². The SMILES string of the molecule is O=[C-][C@H](O)[CH-]CCC(F)(F)F.[Th+2]. The molecule has 12 heavy (non-hydrogen) atoms. The molecule has 0 radical (unpaired) electrons. The van der Waals surface area contributed by atoms with Crippen LogP contribution in [-0.2, 0) is 4.79 Å². The summed E-state index contributed by atoms with van der Waals surface area (Å²) in [6.45, 7) is 0. The average Bonchev–Trinajstić information content (AvgIpc) is 1.85. The van der Waals surface area contributed by atoms with Gasteiger partial charge in [0.25, 0.3) is 0 Å². The first-order chi connectivity index (χ1) is 4.95. The Hall–Kier alpha value is 0.745. The Labute approximate surface area is 100 Å². The third-order valence-corrected chi connectivity index (χ3v) is 0.938. The summed E-state index contributed by atoms with van der Waals surface area (Å²) in [5.74, 6) is 0. The Morgan fingerprint density at radius 1 is 1.50 bits per heavy atom. The van der Waals surface area contributed by atoms with E-state index in [2.05, 4.69) is 0 Å². The van der Waals surface area contributed by atoms with E-state index < -0.39 is 18.7 Å². The van der Waals surface area contributed by atoms with Crippen LogP contribution in [0.4, 0.5) is 13.2 Å². The quantitative estimate of drug-likeness (QED) is 0.716. The van der Waals surface area contributed by atoms with Gasteiger partial charge in [-0.15, -0.1) is 0 Å². The van der Waals surface area contributed by atoms with E-state index in [-0.39, 0.29) is 46.4 Å². The zero-order valence-electron chi connectivity index (χ0n) is 6.06. The Bertz CT molecular complexity index is 126. The van der Waals surface area contributed by atoms with Crippen molar-refractivity contribution in [1.82, 2.24) is 0 Å². The zero-order chi connectivity index (χ0) is 8.91. The van der Waals surface area contributed by atoms with Crippen molar-refractivity contribution in [2.24, 2.45) is 0 Å². The van der Waals surface area contributed by atoms with E-state index in [1.807, 2.05) is 0 Å². The molecular weight excluding hydrogens is 393 g/mol. The first-order valence-electron chi connectivity index (χ1n) is 2.91. The van der Waals surface area contributed by atoms with Gasteiger partial charge in [0.1, 0.15) is 0 Å². The van der Waals surface area contributed by atoms with Gasteiger partial charge >= 0.3 is 46.1 Å². The summed E-state index contributed by atoms with van der Waals surface area (Å²) in [6, 6.07) is 0. The summed E-state index contributed by atoms with van der Waals surface area (Å²) in [5.41, 5.74) is 0. The molecule has 68 valence electrons. The molecule has 0 aromatic carbocycles. The molecule has 0 spiro atoms. The van der Waals surface area contributed by atoms with Crippen LogP contribution in [0, 0.1) is 46.4 Å². The van der Waals surface area contributed by atoms with E-state index in [1.54, 1.807) is 0 Å². The topological polar surface area (TPSA) is 37.3 Å². The van der Waals surface area contributed by atoms with Gasteiger partial charge in [-0.2, -0.15) is 25.7 Å².